The second kappa shape index (κ2) is 5.65. The lowest BCUT2D eigenvalue weighted by Gasteiger charge is -2.36. The Kier molecular flexibility index (Phi) is 4.18. The largest absolute Gasteiger partial charge is 0.378 e. The first-order valence-corrected chi connectivity index (χ1v) is 6.46. The molecule has 0 radical (unpaired) electrons. The van der Waals surface area contributed by atoms with E-state index in [1.807, 2.05) is 6.20 Å². The SMILES string of the molecule is Cc1nccn1CC1COCCN1CC(C)C. The van der Waals surface area contributed by atoms with Gasteiger partial charge in [0.25, 0.3) is 0 Å². The van der Waals surface area contributed by atoms with Gasteiger partial charge in [-0.15, -0.1) is 0 Å². The van der Waals surface area contributed by atoms with E-state index < -0.39 is 0 Å². The lowest BCUT2D eigenvalue weighted by molar-refractivity contribution is -0.0183. The van der Waals surface area contributed by atoms with Gasteiger partial charge in [-0.2, -0.15) is 0 Å². The number of hydrogen-bond donors (Lipinski definition) is 0. The van der Waals surface area contributed by atoms with Crippen molar-refractivity contribution in [2.45, 2.75) is 33.4 Å². The maximum atomic E-state index is 5.61. The molecule has 1 saturated heterocycles. The number of nitrogens with zero attached hydrogens (tertiary/aromatic N) is 3. The molecular weight excluding hydrogens is 214 g/mol. The van der Waals surface area contributed by atoms with Gasteiger partial charge in [0.05, 0.1) is 19.3 Å². The van der Waals surface area contributed by atoms with Crippen LogP contribution in [0.5, 0.6) is 0 Å². The standard InChI is InChI=1S/C13H23N3O/c1-11(2)8-16-6-7-17-10-13(16)9-15-5-4-14-12(15)3/h4-5,11,13H,6-10H2,1-3H3. The average Bonchev–Trinajstić information content (AvgIpc) is 2.67. The lowest BCUT2D eigenvalue weighted by atomic mass is 10.1. The van der Waals surface area contributed by atoms with Crippen LogP contribution in [0, 0.1) is 12.8 Å². The summed E-state index contributed by atoms with van der Waals surface area (Å²) in [6, 6.07) is 0.485. The molecule has 1 fully saturated rings. The molecule has 0 spiro atoms. The Morgan fingerprint density at radius 1 is 1.53 bits per heavy atom. The van der Waals surface area contributed by atoms with Crippen molar-refractivity contribution in [1.29, 1.82) is 0 Å². The summed E-state index contributed by atoms with van der Waals surface area (Å²) in [6.07, 6.45) is 3.92. The fraction of sp³-hybridized carbons (Fsp3) is 0.769. The van der Waals surface area contributed by atoms with Crippen LogP contribution in [0.1, 0.15) is 19.7 Å². The molecule has 96 valence electrons. The summed E-state index contributed by atoms with van der Waals surface area (Å²) in [6.45, 7) is 11.5. The maximum absolute atomic E-state index is 5.61. The van der Waals surface area contributed by atoms with Crippen molar-refractivity contribution in [1.82, 2.24) is 14.5 Å². The second-order valence-corrected chi connectivity index (χ2v) is 5.24. The van der Waals surface area contributed by atoms with Crippen molar-refractivity contribution in [2.24, 2.45) is 5.92 Å². The fourth-order valence-electron chi connectivity index (χ4n) is 2.39. The predicted molar refractivity (Wildman–Crippen MR) is 68.0 cm³/mol. The summed E-state index contributed by atoms with van der Waals surface area (Å²) in [5.74, 6) is 1.79. The molecule has 1 atom stereocenters. The molecule has 4 heteroatoms. The van der Waals surface area contributed by atoms with Gasteiger partial charge in [0.15, 0.2) is 0 Å². The minimum Gasteiger partial charge on any atom is -0.378 e. The van der Waals surface area contributed by atoms with E-state index in [9.17, 15) is 0 Å². The Hall–Kier alpha value is -0.870. The molecule has 0 saturated carbocycles. The molecule has 0 N–H and O–H groups in total. The van der Waals surface area contributed by atoms with E-state index in [1.54, 1.807) is 0 Å². The number of imidazole rings is 1. The van der Waals surface area contributed by atoms with E-state index in [1.165, 1.54) is 0 Å². The average molecular weight is 237 g/mol. The molecule has 17 heavy (non-hydrogen) atoms. The Bertz CT molecular complexity index is 348. The molecule has 0 amide bonds. The van der Waals surface area contributed by atoms with Crippen molar-refractivity contribution in [2.75, 3.05) is 26.3 Å². The Morgan fingerprint density at radius 3 is 3.00 bits per heavy atom. The number of rotatable bonds is 4. The highest BCUT2D eigenvalue weighted by Crippen LogP contribution is 2.12. The highest BCUT2D eigenvalue weighted by atomic mass is 16.5. The van der Waals surface area contributed by atoms with Crippen molar-refractivity contribution in [3.8, 4) is 0 Å². The van der Waals surface area contributed by atoms with Crippen LogP contribution in [0.15, 0.2) is 12.4 Å². The molecule has 0 bridgehead atoms. The minimum atomic E-state index is 0.485. The summed E-state index contributed by atoms with van der Waals surface area (Å²) in [4.78, 5) is 6.82. The molecule has 2 rings (SSSR count). The molecule has 4 nitrogen and oxygen atoms in total. The number of aromatic nitrogens is 2. The van der Waals surface area contributed by atoms with Gasteiger partial charge in [0, 0.05) is 32.0 Å². The first kappa shape index (κ1) is 12.6. The second-order valence-electron chi connectivity index (χ2n) is 5.24. The van der Waals surface area contributed by atoms with Gasteiger partial charge in [-0.1, -0.05) is 13.8 Å². The van der Waals surface area contributed by atoms with E-state index in [4.69, 9.17) is 4.74 Å². The van der Waals surface area contributed by atoms with Crippen LogP contribution in [0.4, 0.5) is 0 Å². The van der Waals surface area contributed by atoms with Gasteiger partial charge >= 0.3 is 0 Å². The molecule has 0 aliphatic carbocycles. The topological polar surface area (TPSA) is 30.3 Å². The zero-order valence-electron chi connectivity index (χ0n) is 11.1. The van der Waals surface area contributed by atoms with Gasteiger partial charge in [0.2, 0.25) is 0 Å². The highest BCUT2D eigenvalue weighted by Gasteiger charge is 2.24. The van der Waals surface area contributed by atoms with E-state index >= 15 is 0 Å². The third-order valence-corrected chi connectivity index (χ3v) is 3.28. The number of ether oxygens (including phenoxy) is 1. The quantitative estimate of drug-likeness (QED) is 0.796. The van der Waals surface area contributed by atoms with Gasteiger partial charge in [-0.25, -0.2) is 4.98 Å². The highest BCUT2D eigenvalue weighted by molar-refractivity contribution is 4.90. The van der Waals surface area contributed by atoms with Crippen LogP contribution in [0.3, 0.4) is 0 Å². The monoisotopic (exact) mass is 237 g/mol. The molecule has 0 aromatic carbocycles. The summed E-state index contributed by atoms with van der Waals surface area (Å²) >= 11 is 0. The molecule has 1 aromatic heterocycles. The Labute approximate surface area is 104 Å². The first-order valence-electron chi connectivity index (χ1n) is 6.46. The number of morpholine rings is 1. The van der Waals surface area contributed by atoms with Crippen LogP contribution in [0.2, 0.25) is 0 Å². The summed E-state index contributed by atoms with van der Waals surface area (Å²) in [5.41, 5.74) is 0. The molecule has 1 aliphatic rings. The van der Waals surface area contributed by atoms with Gasteiger partial charge in [-0.3, -0.25) is 4.90 Å². The predicted octanol–water partition coefficient (Wildman–Crippen LogP) is 1.55. The third-order valence-electron chi connectivity index (χ3n) is 3.28. The summed E-state index contributed by atoms with van der Waals surface area (Å²) in [5, 5.41) is 0. The molecule has 1 unspecified atom stereocenters. The van der Waals surface area contributed by atoms with E-state index in [-0.39, 0.29) is 0 Å². The normalized spacial score (nSPS) is 22.2. The number of hydrogen-bond acceptors (Lipinski definition) is 3. The van der Waals surface area contributed by atoms with E-state index in [0.29, 0.717) is 12.0 Å². The van der Waals surface area contributed by atoms with Crippen molar-refractivity contribution in [3.63, 3.8) is 0 Å². The maximum Gasteiger partial charge on any atom is 0.105 e. The zero-order valence-corrected chi connectivity index (χ0v) is 11.1. The Balaban J connectivity index is 1.99. The van der Waals surface area contributed by atoms with Crippen molar-refractivity contribution in [3.05, 3.63) is 18.2 Å². The third kappa shape index (κ3) is 3.30. The van der Waals surface area contributed by atoms with Gasteiger partial charge < -0.3 is 9.30 Å². The smallest absolute Gasteiger partial charge is 0.105 e. The van der Waals surface area contributed by atoms with Crippen LogP contribution in [0.25, 0.3) is 0 Å². The van der Waals surface area contributed by atoms with Crippen molar-refractivity contribution >= 4 is 0 Å². The van der Waals surface area contributed by atoms with Crippen LogP contribution < -0.4 is 0 Å². The summed E-state index contributed by atoms with van der Waals surface area (Å²) in [7, 11) is 0. The molecule has 1 aromatic rings. The van der Waals surface area contributed by atoms with Crippen LogP contribution in [-0.2, 0) is 11.3 Å². The molecule has 1 aliphatic heterocycles. The fourth-order valence-corrected chi connectivity index (χ4v) is 2.39. The summed E-state index contributed by atoms with van der Waals surface area (Å²) < 4.78 is 7.82. The van der Waals surface area contributed by atoms with Gasteiger partial charge in [-0.05, 0) is 12.8 Å². The molecule has 2 heterocycles. The van der Waals surface area contributed by atoms with Crippen LogP contribution in [-0.4, -0.2) is 46.8 Å². The van der Waals surface area contributed by atoms with Gasteiger partial charge in [0.1, 0.15) is 5.82 Å². The first-order chi connectivity index (χ1) is 8.16. The zero-order chi connectivity index (χ0) is 12.3. The van der Waals surface area contributed by atoms with Crippen molar-refractivity contribution < 1.29 is 4.74 Å². The minimum absolute atomic E-state index is 0.485. The molecular formula is C13H23N3O. The van der Waals surface area contributed by atoms with E-state index in [2.05, 4.69) is 41.4 Å². The van der Waals surface area contributed by atoms with E-state index in [0.717, 1.165) is 38.7 Å². The number of aryl methyl sites for hydroxylation is 1. The lowest BCUT2D eigenvalue weighted by Crippen LogP contribution is -2.48. The Morgan fingerprint density at radius 2 is 2.35 bits per heavy atom. The van der Waals surface area contributed by atoms with Crippen LogP contribution >= 0.6 is 0 Å².